The monoisotopic (exact) mass is 355 g/mol. The molecular weight excluding hydrogens is 341 g/mol. The zero-order valence-electron chi connectivity index (χ0n) is 12.3. The molecule has 0 aliphatic carbocycles. The molecule has 0 aliphatic rings. The molecule has 3 nitrogen and oxygen atoms in total. The minimum atomic E-state index is 0.493. The van der Waals surface area contributed by atoms with Gasteiger partial charge in [0, 0.05) is 22.8 Å². The van der Waals surface area contributed by atoms with Crippen LogP contribution in [-0.2, 0) is 0 Å². The summed E-state index contributed by atoms with van der Waals surface area (Å²) >= 11 is 18.1. The molecule has 22 heavy (non-hydrogen) atoms. The molecule has 0 amide bonds. The van der Waals surface area contributed by atoms with Crippen molar-refractivity contribution >= 4 is 51.9 Å². The van der Waals surface area contributed by atoms with Crippen LogP contribution in [0.3, 0.4) is 0 Å². The normalized spacial score (nSPS) is 11.6. The van der Waals surface area contributed by atoms with Crippen molar-refractivity contribution in [1.29, 1.82) is 0 Å². The average molecular weight is 357 g/mol. The molecule has 0 heterocycles. The molecule has 0 aliphatic heterocycles. The summed E-state index contributed by atoms with van der Waals surface area (Å²) in [7, 11) is 0. The van der Waals surface area contributed by atoms with Crippen molar-refractivity contribution in [1.82, 2.24) is 0 Å². The lowest BCUT2D eigenvalue weighted by Gasteiger charge is -2.19. The summed E-state index contributed by atoms with van der Waals surface area (Å²) in [5.74, 6) is 0. The average Bonchev–Trinajstić information content (AvgIpc) is 2.50. The van der Waals surface area contributed by atoms with Gasteiger partial charge in [0.1, 0.15) is 0 Å². The molecule has 0 spiro atoms. The lowest BCUT2D eigenvalue weighted by Crippen LogP contribution is -2.18. The van der Waals surface area contributed by atoms with Gasteiger partial charge in [-0.1, -0.05) is 34.8 Å². The van der Waals surface area contributed by atoms with E-state index in [1.165, 1.54) is 0 Å². The molecular formula is C16H16Cl3N3. The van der Waals surface area contributed by atoms with Crippen molar-refractivity contribution in [2.45, 2.75) is 13.8 Å². The van der Waals surface area contributed by atoms with Crippen molar-refractivity contribution in [3.05, 3.63) is 57.0 Å². The molecule has 2 rings (SSSR count). The van der Waals surface area contributed by atoms with Gasteiger partial charge >= 0.3 is 0 Å². The van der Waals surface area contributed by atoms with Gasteiger partial charge in [0.2, 0.25) is 0 Å². The molecule has 0 unspecified atom stereocenters. The Labute approximate surface area is 145 Å². The number of benzene rings is 2. The number of nitrogen functional groups attached to an aromatic ring is 1. The van der Waals surface area contributed by atoms with E-state index < -0.39 is 0 Å². The highest BCUT2D eigenvalue weighted by atomic mass is 35.5. The molecule has 0 bridgehead atoms. The Morgan fingerprint density at radius 2 is 1.82 bits per heavy atom. The lowest BCUT2D eigenvalue weighted by atomic mass is 10.1. The number of hydrogen-bond donors (Lipinski definition) is 1. The van der Waals surface area contributed by atoms with Crippen LogP contribution in [0.5, 0.6) is 0 Å². The largest absolute Gasteiger partial charge is 0.398 e. The Balaban J connectivity index is 2.38. The number of nitrogens with zero attached hydrogens (tertiary/aromatic N) is 2. The van der Waals surface area contributed by atoms with Gasteiger partial charge in [-0.3, -0.25) is 5.01 Å². The first-order valence-electron chi connectivity index (χ1n) is 6.75. The highest BCUT2D eigenvalue weighted by Gasteiger charge is 2.09. The Morgan fingerprint density at radius 1 is 1.09 bits per heavy atom. The Hall–Kier alpha value is -1.42. The molecule has 0 saturated heterocycles. The fourth-order valence-corrected chi connectivity index (χ4v) is 2.50. The Bertz CT molecular complexity index is 714. The Morgan fingerprint density at radius 3 is 2.45 bits per heavy atom. The third-order valence-corrected chi connectivity index (χ3v) is 4.15. The highest BCUT2D eigenvalue weighted by molar-refractivity contribution is 6.42. The van der Waals surface area contributed by atoms with E-state index in [2.05, 4.69) is 5.10 Å². The van der Waals surface area contributed by atoms with E-state index in [9.17, 15) is 0 Å². The van der Waals surface area contributed by atoms with E-state index in [1.807, 2.05) is 24.9 Å². The second-order valence-electron chi connectivity index (χ2n) is 4.73. The number of halogens is 3. The molecule has 0 saturated carbocycles. The van der Waals surface area contributed by atoms with E-state index in [0.717, 1.165) is 17.0 Å². The quantitative estimate of drug-likeness (QED) is 0.448. The maximum atomic E-state index is 6.07. The second kappa shape index (κ2) is 7.23. The van der Waals surface area contributed by atoms with Crippen LogP contribution < -0.4 is 10.7 Å². The Kier molecular flexibility index (Phi) is 5.57. The van der Waals surface area contributed by atoms with Gasteiger partial charge in [0.25, 0.3) is 0 Å². The second-order valence-corrected chi connectivity index (χ2v) is 5.98. The maximum Gasteiger partial charge on any atom is 0.0672 e. The summed E-state index contributed by atoms with van der Waals surface area (Å²) in [6.07, 6.45) is 0. The first-order valence-corrected chi connectivity index (χ1v) is 7.89. The van der Waals surface area contributed by atoms with Gasteiger partial charge in [-0.15, -0.1) is 0 Å². The summed E-state index contributed by atoms with van der Waals surface area (Å²) in [5, 5.41) is 8.08. The molecule has 2 aromatic rings. The van der Waals surface area contributed by atoms with Gasteiger partial charge in [0.05, 0.1) is 21.4 Å². The summed E-state index contributed by atoms with van der Waals surface area (Å²) in [6.45, 7) is 4.57. The van der Waals surface area contributed by atoms with E-state index in [-0.39, 0.29) is 0 Å². The molecule has 6 heteroatoms. The van der Waals surface area contributed by atoms with Crippen LogP contribution in [0.2, 0.25) is 15.1 Å². The predicted octanol–water partition coefficient (Wildman–Crippen LogP) is 5.48. The van der Waals surface area contributed by atoms with Crippen molar-refractivity contribution in [3.8, 4) is 0 Å². The first-order chi connectivity index (χ1) is 10.4. The van der Waals surface area contributed by atoms with Gasteiger partial charge < -0.3 is 5.73 Å². The third kappa shape index (κ3) is 3.86. The molecule has 116 valence electrons. The molecule has 2 aromatic carbocycles. The summed E-state index contributed by atoms with van der Waals surface area (Å²) in [4.78, 5) is 0. The van der Waals surface area contributed by atoms with E-state index in [0.29, 0.717) is 27.3 Å². The van der Waals surface area contributed by atoms with E-state index in [1.54, 1.807) is 30.3 Å². The third-order valence-electron chi connectivity index (χ3n) is 3.18. The minimum Gasteiger partial charge on any atom is -0.398 e. The summed E-state index contributed by atoms with van der Waals surface area (Å²) in [6, 6.07) is 10.7. The van der Waals surface area contributed by atoms with Crippen LogP contribution in [0.25, 0.3) is 0 Å². The number of nitrogens with two attached hydrogens (primary N) is 1. The van der Waals surface area contributed by atoms with Crippen LogP contribution in [0.1, 0.15) is 19.4 Å². The zero-order valence-corrected chi connectivity index (χ0v) is 14.5. The maximum absolute atomic E-state index is 6.07. The fourth-order valence-electron chi connectivity index (χ4n) is 2.03. The molecule has 0 radical (unpaired) electrons. The van der Waals surface area contributed by atoms with Crippen LogP contribution in [0, 0.1) is 0 Å². The molecule has 2 N–H and O–H groups in total. The van der Waals surface area contributed by atoms with Gasteiger partial charge in [0.15, 0.2) is 0 Å². The number of anilines is 2. The topological polar surface area (TPSA) is 41.6 Å². The predicted molar refractivity (Wildman–Crippen MR) is 97.6 cm³/mol. The SMILES string of the molecule is CCN(/N=C(\C)c1cc(Cl)ccc1N)c1ccc(Cl)c(Cl)c1. The first kappa shape index (κ1) is 16.9. The fraction of sp³-hybridized carbons (Fsp3) is 0.188. The van der Waals surface area contributed by atoms with Crippen LogP contribution in [0.15, 0.2) is 41.5 Å². The van der Waals surface area contributed by atoms with E-state index >= 15 is 0 Å². The number of hydrogen-bond acceptors (Lipinski definition) is 3. The summed E-state index contributed by atoms with van der Waals surface area (Å²) in [5.41, 5.74) is 9.07. The molecule has 0 atom stereocenters. The van der Waals surface area contributed by atoms with Crippen molar-refractivity contribution < 1.29 is 0 Å². The van der Waals surface area contributed by atoms with Crippen molar-refractivity contribution in [2.24, 2.45) is 5.10 Å². The van der Waals surface area contributed by atoms with Gasteiger partial charge in [-0.25, -0.2) is 0 Å². The number of rotatable bonds is 4. The summed E-state index contributed by atoms with van der Waals surface area (Å²) < 4.78 is 0. The highest BCUT2D eigenvalue weighted by Crippen LogP contribution is 2.28. The standard InChI is InChI=1S/C16H16Cl3N3/c1-3-22(12-5-6-14(18)15(19)9-12)21-10(2)13-8-11(17)4-7-16(13)20/h4-9H,3,20H2,1-2H3/b21-10+. The molecule has 0 aromatic heterocycles. The zero-order chi connectivity index (χ0) is 16.3. The van der Waals surface area contributed by atoms with Gasteiger partial charge in [-0.2, -0.15) is 5.10 Å². The lowest BCUT2D eigenvalue weighted by molar-refractivity contribution is 0.892. The van der Waals surface area contributed by atoms with Crippen molar-refractivity contribution in [2.75, 3.05) is 17.3 Å². The van der Waals surface area contributed by atoms with Crippen LogP contribution in [0.4, 0.5) is 11.4 Å². The van der Waals surface area contributed by atoms with Crippen LogP contribution in [-0.4, -0.2) is 12.3 Å². The van der Waals surface area contributed by atoms with E-state index in [4.69, 9.17) is 40.5 Å². The number of hydrazone groups is 1. The smallest absolute Gasteiger partial charge is 0.0672 e. The van der Waals surface area contributed by atoms with Crippen molar-refractivity contribution in [3.63, 3.8) is 0 Å². The molecule has 0 fully saturated rings. The minimum absolute atomic E-state index is 0.493. The van der Waals surface area contributed by atoms with Gasteiger partial charge in [-0.05, 0) is 50.2 Å². The van der Waals surface area contributed by atoms with Crippen LogP contribution >= 0.6 is 34.8 Å².